The molecule has 0 fully saturated rings. The molecule has 0 saturated carbocycles. The van der Waals surface area contributed by atoms with Gasteiger partial charge in [0, 0.05) is 26.4 Å². The van der Waals surface area contributed by atoms with E-state index in [1.807, 2.05) is 0 Å². The summed E-state index contributed by atoms with van der Waals surface area (Å²) in [6.45, 7) is 10.0. The van der Waals surface area contributed by atoms with Gasteiger partial charge in [-0.2, -0.15) is 0 Å². The molecule has 0 aliphatic carbocycles. The Hall–Kier alpha value is -0.720. The minimum absolute atomic E-state index is 0.0194. The standard InChI is InChI=1S/C46H92N2O3/c1-3-5-7-9-11-13-15-17-19-21-23-25-27-29-31-35-41-50-43-37-33-39-47-46(45-49)48-40-34-38-44-51-42-36-32-30-28-26-24-22-20-18-16-14-12-10-8-6-4-2/h17-20,46-49H,3-16,21-45H2,1-2H3/b19-17-,20-18-. The summed E-state index contributed by atoms with van der Waals surface area (Å²) < 4.78 is 11.7. The van der Waals surface area contributed by atoms with Crippen molar-refractivity contribution < 1.29 is 14.6 Å². The highest BCUT2D eigenvalue weighted by Crippen LogP contribution is 2.12. The van der Waals surface area contributed by atoms with E-state index in [-0.39, 0.29) is 12.8 Å². The average molecular weight is 721 g/mol. The zero-order chi connectivity index (χ0) is 36.8. The van der Waals surface area contributed by atoms with Crippen LogP contribution in [0, 0.1) is 0 Å². The Kier molecular flexibility index (Phi) is 46.6. The maximum atomic E-state index is 9.69. The molecule has 5 nitrogen and oxygen atoms in total. The van der Waals surface area contributed by atoms with Gasteiger partial charge in [0.2, 0.25) is 0 Å². The maximum absolute atomic E-state index is 9.69. The van der Waals surface area contributed by atoms with Gasteiger partial charge in [-0.05, 0) is 103 Å². The van der Waals surface area contributed by atoms with Crippen LogP contribution >= 0.6 is 0 Å². The second-order valence-corrected chi connectivity index (χ2v) is 15.2. The van der Waals surface area contributed by atoms with Crippen molar-refractivity contribution in [2.45, 2.75) is 225 Å². The van der Waals surface area contributed by atoms with Crippen LogP contribution in [0.3, 0.4) is 0 Å². The van der Waals surface area contributed by atoms with E-state index < -0.39 is 0 Å². The van der Waals surface area contributed by atoms with Crippen LogP contribution in [0.4, 0.5) is 0 Å². The van der Waals surface area contributed by atoms with E-state index >= 15 is 0 Å². The van der Waals surface area contributed by atoms with Gasteiger partial charge in [0.05, 0.1) is 12.8 Å². The van der Waals surface area contributed by atoms with Gasteiger partial charge in [0.25, 0.3) is 0 Å². The number of allylic oxidation sites excluding steroid dienone is 4. The molecule has 0 atom stereocenters. The van der Waals surface area contributed by atoms with E-state index in [0.29, 0.717) is 0 Å². The van der Waals surface area contributed by atoms with Gasteiger partial charge >= 0.3 is 0 Å². The molecule has 3 N–H and O–H groups in total. The van der Waals surface area contributed by atoms with E-state index in [4.69, 9.17) is 9.47 Å². The van der Waals surface area contributed by atoms with Crippen LogP contribution in [0.25, 0.3) is 0 Å². The van der Waals surface area contributed by atoms with Crippen LogP contribution in [-0.2, 0) is 9.47 Å². The maximum Gasteiger partial charge on any atom is 0.0810 e. The summed E-state index contributed by atoms with van der Waals surface area (Å²) in [5.41, 5.74) is 0. The lowest BCUT2D eigenvalue weighted by molar-refractivity contribution is 0.124. The number of rotatable bonds is 45. The third-order valence-corrected chi connectivity index (χ3v) is 10.00. The summed E-state index contributed by atoms with van der Waals surface area (Å²) >= 11 is 0. The summed E-state index contributed by atoms with van der Waals surface area (Å²) in [7, 11) is 0. The molecule has 0 radical (unpaired) electrons. The first kappa shape index (κ1) is 50.3. The Morgan fingerprint density at radius 3 is 0.961 bits per heavy atom. The average Bonchev–Trinajstić information content (AvgIpc) is 3.14. The monoisotopic (exact) mass is 721 g/mol. The lowest BCUT2D eigenvalue weighted by Crippen LogP contribution is -2.45. The fourth-order valence-corrected chi connectivity index (χ4v) is 6.52. The fraction of sp³-hybridized carbons (Fsp3) is 0.913. The minimum atomic E-state index is -0.0194. The van der Waals surface area contributed by atoms with Gasteiger partial charge in [-0.3, -0.25) is 10.6 Å². The number of aliphatic hydroxyl groups excluding tert-OH is 1. The van der Waals surface area contributed by atoms with Crippen LogP contribution in [0.15, 0.2) is 24.3 Å². The molecule has 0 unspecified atom stereocenters. The van der Waals surface area contributed by atoms with Gasteiger partial charge in [0.15, 0.2) is 0 Å². The highest BCUT2D eigenvalue weighted by Gasteiger charge is 2.04. The lowest BCUT2D eigenvalue weighted by atomic mass is 10.1. The summed E-state index contributed by atoms with van der Waals surface area (Å²) in [5, 5.41) is 16.6. The third kappa shape index (κ3) is 45.4. The number of nitrogens with one attached hydrogen (secondary N) is 2. The fourth-order valence-electron chi connectivity index (χ4n) is 6.52. The first-order chi connectivity index (χ1) is 25.3. The summed E-state index contributed by atoms with van der Waals surface area (Å²) in [6.07, 6.45) is 51.6. The van der Waals surface area contributed by atoms with Crippen LogP contribution < -0.4 is 10.6 Å². The van der Waals surface area contributed by atoms with E-state index in [1.54, 1.807) is 0 Å². The van der Waals surface area contributed by atoms with Gasteiger partial charge in [-0.25, -0.2) is 0 Å². The van der Waals surface area contributed by atoms with E-state index in [9.17, 15) is 5.11 Å². The second kappa shape index (κ2) is 47.3. The van der Waals surface area contributed by atoms with E-state index in [1.165, 1.54) is 180 Å². The molecular weight excluding hydrogens is 629 g/mol. The molecule has 0 amide bonds. The van der Waals surface area contributed by atoms with Gasteiger partial charge in [-0.15, -0.1) is 0 Å². The topological polar surface area (TPSA) is 62.8 Å². The largest absolute Gasteiger partial charge is 0.393 e. The molecule has 304 valence electrons. The quantitative estimate of drug-likeness (QED) is 0.0332. The van der Waals surface area contributed by atoms with Gasteiger partial charge < -0.3 is 14.6 Å². The Bertz CT molecular complexity index is 617. The molecule has 0 aliphatic rings. The zero-order valence-corrected chi connectivity index (χ0v) is 34.7. The Morgan fingerprint density at radius 2 is 0.647 bits per heavy atom. The normalized spacial score (nSPS) is 12.1. The predicted octanol–water partition coefficient (Wildman–Crippen LogP) is 13.2. The smallest absolute Gasteiger partial charge is 0.0810 e. The SMILES string of the molecule is CCCCCCCC/C=C\CCCCCCCCOCCCCNC(CO)NCCCCOCCCCCCCC/C=C\CCCCCCCC. The number of ether oxygens (including phenoxy) is 2. The first-order valence-electron chi connectivity index (χ1n) is 22.9. The molecule has 0 bridgehead atoms. The second-order valence-electron chi connectivity index (χ2n) is 15.2. The molecule has 0 rings (SSSR count). The van der Waals surface area contributed by atoms with Gasteiger partial charge in [-0.1, -0.05) is 154 Å². The Labute approximate surface area is 320 Å². The molecule has 0 aromatic rings. The Morgan fingerprint density at radius 1 is 0.373 bits per heavy atom. The molecule has 0 spiro atoms. The molecule has 0 saturated heterocycles. The summed E-state index contributed by atoms with van der Waals surface area (Å²) in [6, 6.07) is 0. The molecule has 0 aromatic heterocycles. The molecular formula is C46H92N2O3. The van der Waals surface area contributed by atoms with Crippen molar-refractivity contribution in [3.8, 4) is 0 Å². The van der Waals surface area contributed by atoms with Crippen molar-refractivity contribution >= 4 is 0 Å². The Balaban J connectivity index is 3.28. The van der Waals surface area contributed by atoms with Crippen molar-refractivity contribution in [2.75, 3.05) is 46.1 Å². The number of aliphatic hydroxyl groups is 1. The van der Waals surface area contributed by atoms with Crippen molar-refractivity contribution in [1.29, 1.82) is 0 Å². The van der Waals surface area contributed by atoms with Crippen LogP contribution in [0.5, 0.6) is 0 Å². The first-order valence-corrected chi connectivity index (χ1v) is 22.9. The number of hydrogen-bond donors (Lipinski definition) is 3. The highest BCUT2D eigenvalue weighted by molar-refractivity contribution is 4.82. The van der Waals surface area contributed by atoms with Crippen molar-refractivity contribution in [3.05, 3.63) is 24.3 Å². The summed E-state index contributed by atoms with van der Waals surface area (Å²) in [5.74, 6) is 0. The third-order valence-electron chi connectivity index (χ3n) is 10.00. The van der Waals surface area contributed by atoms with E-state index in [0.717, 1.165) is 65.2 Å². The van der Waals surface area contributed by atoms with Crippen LogP contribution in [0.1, 0.15) is 219 Å². The highest BCUT2D eigenvalue weighted by atomic mass is 16.5. The molecule has 5 heteroatoms. The minimum Gasteiger partial charge on any atom is -0.393 e. The van der Waals surface area contributed by atoms with Crippen LogP contribution in [-0.4, -0.2) is 57.4 Å². The van der Waals surface area contributed by atoms with Crippen molar-refractivity contribution in [1.82, 2.24) is 10.6 Å². The molecule has 0 aromatic carbocycles. The molecule has 0 aliphatic heterocycles. The zero-order valence-electron chi connectivity index (χ0n) is 34.7. The lowest BCUT2D eigenvalue weighted by Gasteiger charge is -2.18. The number of hydrogen-bond acceptors (Lipinski definition) is 5. The summed E-state index contributed by atoms with van der Waals surface area (Å²) in [4.78, 5) is 0. The van der Waals surface area contributed by atoms with Crippen molar-refractivity contribution in [3.63, 3.8) is 0 Å². The van der Waals surface area contributed by atoms with Gasteiger partial charge in [0.1, 0.15) is 0 Å². The molecule has 51 heavy (non-hydrogen) atoms. The van der Waals surface area contributed by atoms with Crippen LogP contribution in [0.2, 0.25) is 0 Å². The predicted molar refractivity (Wildman–Crippen MR) is 226 cm³/mol. The van der Waals surface area contributed by atoms with E-state index in [2.05, 4.69) is 48.8 Å². The number of unbranched alkanes of at least 4 members (excludes halogenated alkanes) is 26. The molecule has 0 heterocycles. The van der Waals surface area contributed by atoms with Crippen molar-refractivity contribution in [2.24, 2.45) is 0 Å².